The lowest BCUT2D eigenvalue weighted by atomic mass is 9.79. The first-order valence-electron chi connectivity index (χ1n) is 6.07. The fourth-order valence-electron chi connectivity index (χ4n) is 2.41. The molecule has 2 rings (SSSR count). The van der Waals surface area contributed by atoms with Gasteiger partial charge in [-0.3, -0.25) is 4.79 Å². The molecule has 0 N–H and O–H groups in total. The zero-order valence-electron chi connectivity index (χ0n) is 9.88. The smallest absolute Gasteiger partial charge is 0.165 e. The molecule has 0 aromatic heterocycles. The monoisotopic (exact) mass is 298 g/mol. The van der Waals surface area contributed by atoms with Gasteiger partial charge in [0.15, 0.2) is 5.78 Å². The largest absolute Gasteiger partial charge is 0.294 e. The quantitative estimate of drug-likeness (QED) is 0.730. The number of benzene rings is 1. The summed E-state index contributed by atoms with van der Waals surface area (Å²) in [6.45, 7) is 2.23. The highest BCUT2D eigenvalue weighted by Crippen LogP contribution is 2.31. The maximum atomic E-state index is 13.1. The predicted octanol–water partition coefficient (Wildman–Crippen LogP) is 4.60. The standard InChI is InChI=1S/C14H16BrFO/c1-9-2-4-10(5-3-9)14(17)11-6-7-13(16)12(15)8-11/h6-10H,2-5H2,1H3. The average molecular weight is 299 g/mol. The maximum absolute atomic E-state index is 13.1. The Balaban J connectivity index is 2.11. The van der Waals surface area contributed by atoms with Crippen molar-refractivity contribution in [1.29, 1.82) is 0 Å². The molecule has 0 atom stereocenters. The number of carbonyl (C=O) groups is 1. The van der Waals surface area contributed by atoms with E-state index in [2.05, 4.69) is 22.9 Å². The second-order valence-corrected chi connectivity index (χ2v) is 5.80. The molecule has 0 heterocycles. The summed E-state index contributed by atoms with van der Waals surface area (Å²) >= 11 is 3.12. The lowest BCUT2D eigenvalue weighted by Crippen LogP contribution is -2.21. The third-order valence-corrected chi connectivity index (χ3v) is 4.20. The number of hydrogen-bond acceptors (Lipinski definition) is 1. The highest BCUT2D eigenvalue weighted by Gasteiger charge is 2.25. The topological polar surface area (TPSA) is 17.1 Å². The van der Waals surface area contributed by atoms with Crippen LogP contribution in [0.15, 0.2) is 22.7 Å². The SMILES string of the molecule is CC1CCC(C(=O)c2ccc(F)c(Br)c2)CC1. The third kappa shape index (κ3) is 2.95. The van der Waals surface area contributed by atoms with E-state index in [9.17, 15) is 9.18 Å². The zero-order valence-corrected chi connectivity index (χ0v) is 11.5. The molecule has 0 unspecified atom stereocenters. The first-order valence-corrected chi connectivity index (χ1v) is 6.86. The second-order valence-electron chi connectivity index (χ2n) is 4.95. The summed E-state index contributed by atoms with van der Waals surface area (Å²) in [5.74, 6) is 0.707. The molecule has 1 saturated carbocycles. The Kier molecular flexibility index (Phi) is 3.97. The van der Waals surface area contributed by atoms with Crippen molar-refractivity contribution in [3.8, 4) is 0 Å². The first-order chi connectivity index (χ1) is 8.08. The second kappa shape index (κ2) is 5.30. The van der Waals surface area contributed by atoms with E-state index in [4.69, 9.17) is 0 Å². The average Bonchev–Trinajstić information content (AvgIpc) is 2.33. The van der Waals surface area contributed by atoms with Gasteiger partial charge in [0, 0.05) is 11.5 Å². The Morgan fingerprint density at radius 1 is 1.29 bits per heavy atom. The molecule has 17 heavy (non-hydrogen) atoms. The van der Waals surface area contributed by atoms with E-state index >= 15 is 0 Å². The summed E-state index contributed by atoms with van der Waals surface area (Å²) in [5, 5.41) is 0. The van der Waals surface area contributed by atoms with Crippen molar-refractivity contribution in [1.82, 2.24) is 0 Å². The van der Waals surface area contributed by atoms with Crippen LogP contribution in [0.2, 0.25) is 0 Å². The fraction of sp³-hybridized carbons (Fsp3) is 0.500. The first kappa shape index (κ1) is 12.7. The van der Waals surface area contributed by atoms with Crippen LogP contribution in [-0.4, -0.2) is 5.78 Å². The summed E-state index contributed by atoms with van der Waals surface area (Å²) in [5.41, 5.74) is 0.623. The van der Waals surface area contributed by atoms with Gasteiger partial charge in [0.1, 0.15) is 5.82 Å². The fourth-order valence-corrected chi connectivity index (χ4v) is 2.79. The molecule has 0 radical (unpaired) electrons. The number of rotatable bonds is 2. The summed E-state index contributed by atoms with van der Waals surface area (Å²) < 4.78 is 13.5. The van der Waals surface area contributed by atoms with E-state index in [0.717, 1.165) is 31.6 Å². The molecule has 0 spiro atoms. The number of hydrogen-bond donors (Lipinski definition) is 0. The van der Waals surface area contributed by atoms with E-state index < -0.39 is 0 Å². The number of halogens is 2. The maximum Gasteiger partial charge on any atom is 0.165 e. The summed E-state index contributed by atoms with van der Waals surface area (Å²) in [6.07, 6.45) is 4.18. The Labute approximate surface area is 110 Å². The molecule has 0 aliphatic heterocycles. The molecular formula is C14H16BrFO. The Bertz CT molecular complexity index is 422. The molecule has 3 heteroatoms. The van der Waals surface area contributed by atoms with E-state index in [1.54, 1.807) is 12.1 Å². The van der Waals surface area contributed by atoms with Crippen LogP contribution in [0.5, 0.6) is 0 Å². The summed E-state index contributed by atoms with van der Waals surface area (Å²) in [7, 11) is 0. The molecule has 1 fully saturated rings. The van der Waals surface area contributed by atoms with Crippen molar-refractivity contribution >= 4 is 21.7 Å². The van der Waals surface area contributed by atoms with E-state index in [1.165, 1.54) is 6.07 Å². The van der Waals surface area contributed by atoms with Crippen molar-refractivity contribution in [2.75, 3.05) is 0 Å². The van der Waals surface area contributed by atoms with E-state index in [0.29, 0.717) is 10.0 Å². The number of carbonyl (C=O) groups excluding carboxylic acids is 1. The molecule has 1 aliphatic carbocycles. The van der Waals surface area contributed by atoms with Gasteiger partial charge < -0.3 is 0 Å². The minimum Gasteiger partial charge on any atom is -0.294 e. The van der Waals surface area contributed by atoms with Crippen LogP contribution < -0.4 is 0 Å². The van der Waals surface area contributed by atoms with Crippen molar-refractivity contribution < 1.29 is 9.18 Å². The highest BCUT2D eigenvalue weighted by atomic mass is 79.9. The molecular weight excluding hydrogens is 283 g/mol. The normalized spacial score (nSPS) is 24.6. The van der Waals surface area contributed by atoms with Gasteiger partial charge in [-0.15, -0.1) is 0 Å². The van der Waals surface area contributed by atoms with Gasteiger partial charge in [-0.2, -0.15) is 0 Å². The third-order valence-electron chi connectivity index (χ3n) is 3.59. The minimum absolute atomic E-state index is 0.128. The molecule has 92 valence electrons. The molecule has 0 bridgehead atoms. The van der Waals surface area contributed by atoms with Crippen LogP contribution in [0.4, 0.5) is 4.39 Å². The predicted molar refractivity (Wildman–Crippen MR) is 69.6 cm³/mol. The molecule has 0 amide bonds. The van der Waals surface area contributed by atoms with Crippen molar-refractivity contribution in [2.45, 2.75) is 32.6 Å². The summed E-state index contributed by atoms with van der Waals surface area (Å²) in [4.78, 5) is 12.2. The van der Waals surface area contributed by atoms with Crippen molar-refractivity contribution in [3.63, 3.8) is 0 Å². The molecule has 0 saturated heterocycles. The van der Waals surface area contributed by atoms with Crippen LogP contribution in [0.3, 0.4) is 0 Å². The van der Waals surface area contributed by atoms with Crippen LogP contribution in [0.25, 0.3) is 0 Å². The highest BCUT2D eigenvalue weighted by molar-refractivity contribution is 9.10. The van der Waals surface area contributed by atoms with E-state index in [1.807, 2.05) is 0 Å². The summed E-state index contributed by atoms with van der Waals surface area (Å²) in [6, 6.07) is 4.53. The van der Waals surface area contributed by atoms with Crippen LogP contribution in [0, 0.1) is 17.7 Å². The van der Waals surface area contributed by atoms with Gasteiger partial charge in [0.2, 0.25) is 0 Å². The van der Waals surface area contributed by atoms with E-state index in [-0.39, 0.29) is 17.5 Å². The van der Waals surface area contributed by atoms with Gasteiger partial charge in [-0.1, -0.05) is 19.8 Å². The van der Waals surface area contributed by atoms with Crippen LogP contribution >= 0.6 is 15.9 Å². The van der Waals surface area contributed by atoms with Crippen LogP contribution in [0.1, 0.15) is 43.0 Å². The molecule has 1 nitrogen and oxygen atoms in total. The van der Waals surface area contributed by atoms with Gasteiger partial charge in [0.25, 0.3) is 0 Å². The van der Waals surface area contributed by atoms with Gasteiger partial charge in [-0.05, 0) is 52.9 Å². The molecule has 1 aromatic carbocycles. The number of Topliss-reactive ketones (excluding diaryl/α,β-unsaturated/α-hetero) is 1. The Morgan fingerprint density at radius 2 is 1.94 bits per heavy atom. The zero-order chi connectivity index (χ0) is 12.4. The lowest BCUT2D eigenvalue weighted by molar-refractivity contribution is 0.0875. The van der Waals surface area contributed by atoms with Gasteiger partial charge in [0.05, 0.1) is 4.47 Å². The minimum atomic E-state index is -0.321. The molecule has 1 aromatic rings. The van der Waals surface area contributed by atoms with Gasteiger partial charge >= 0.3 is 0 Å². The van der Waals surface area contributed by atoms with Crippen molar-refractivity contribution in [2.24, 2.45) is 11.8 Å². The Morgan fingerprint density at radius 3 is 2.53 bits per heavy atom. The molecule has 1 aliphatic rings. The van der Waals surface area contributed by atoms with Crippen LogP contribution in [-0.2, 0) is 0 Å². The van der Waals surface area contributed by atoms with Gasteiger partial charge in [-0.25, -0.2) is 4.39 Å². The Hall–Kier alpha value is -0.700. The number of ketones is 1. The lowest BCUT2D eigenvalue weighted by Gasteiger charge is -2.25. The van der Waals surface area contributed by atoms with Crippen molar-refractivity contribution in [3.05, 3.63) is 34.1 Å².